The van der Waals surface area contributed by atoms with Crippen LogP contribution in [-0.4, -0.2) is 37.5 Å². The molecule has 0 spiro atoms. The quantitative estimate of drug-likeness (QED) is 0.162. The van der Waals surface area contributed by atoms with Crippen LogP contribution in [0.1, 0.15) is 129 Å². The van der Waals surface area contributed by atoms with E-state index in [2.05, 4.69) is 115 Å². The number of hydrogen-bond donors (Lipinski definition) is 3. The third kappa shape index (κ3) is 11.6. The Balaban J connectivity index is 1.48. The van der Waals surface area contributed by atoms with Crippen molar-refractivity contribution in [2.45, 2.75) is 138 Å². The van der Waals surface area contributed by atoms with Gasteiger partial charge >= 0.3 is 0 Å². The van der Waals surface area contributed by atoms with Gasteiger partial charge in [0.05, 0.1) is 39.6 Å². The summed E-state index contributed by atoms with van der Waals surface area (Å²) in [6.07, 6.45) is 0. The zero-order chi connectivity index (χ0) is 45.1. The number of carbonyl (C=O) groups excluding carboxylic acids is 3. The maximum Gasteiger partial charge on any atom is 0.258 e. The van der Waals surface area contributed by atoms with Crippen molar-refractivity contribution in [1.29, 1.82) is 0 Å². The molecule has 0 saturated heterocycles. The zero-order valence-corrected chi connectivity index (χ0v) is 38.4. The highest BCUT2D eigenvalue weighted by Crippen LogP contribution is 2.38. The molecule has 0 atom stereocenters. The third-order valence-corrected chi connectivity index (χ3v) is 11.5. The van der Waals surface area contributed by atoms with Crippen LogP contribution in [0.3, 0.4) is 0 Å². The Labute approximate surface area is 371 Å². The maximum absolute atomic E-state index is 13.6. The molecule has 4 aliphatic heterocycles. The lowest BCUT2D eigenvalue weighted by Crippen LogP contribution is -2.31. The Morgan fingerprint density at radius 1 is 0.349 bits per heavy atom. The first-order valence-corrected chi connectivity index (χ1v) is 21.8. The van der Waals surface area contributed by atoms with Gasteiger partial charge in [0.25, 0.3) is 17.7 Å². The van der Waals surface area contributed by atoms with Crippen molar-refractivity contribution in [2.75, 3.05) is 19.8 Å². The fraction of sp³-hybridized carbons (Fsp3) is 0.471. The topological polar surface area (TPSA) is 143 Å². The summed E-state index contributed by atoms with van der Waals surface area (Å²) in [5, 5.41) is 9.00. The van der Waals surface area contributed by atoms with E-state index in [1.165, 1.54) is 0 Å². The van der Waals surface area contributed by atoms with Gasteiger partial charge in [-0.25, -0.2) is 0 Å². The van der Waals surface area contributed by atoms with E-state index in [1.807, 2.05) is 18.2 Å². The molecular weight excluding hydrogens is 799 g/mol. The highest BCUT2D eigenvalue weighted by Gasteiger charge is 2.26. The first-order valence-electron chi connectivity index (χ1n) is 21.8. The lowest BCUT2D eigenvalue weighted by atomic mass is 9.84. The van der Waals surface area contributed by atoms with E-state index in [4.69, 9.17) is 28.4 Å². The van der Waals surface area contributed by atoms with Crippen LogP contribution in [0, 0.1) is 0 Å². The maximum atomic E-state index is 13.6. The van der Waals surface area contributed by atoms with E-state index < -0.39 is 0 Å². The summed E-state index contributed by atoms with van der Waals surface area (Å²) in [6, 6.07) is 18.2. The molecule has 63 heavy (non-hydrogen) atoms. The van der Waals surface area contributed by atoms with Crippen LogP contribution < -0.4 is 30.2 Å². The Kier molecular flexibility index (Phi) is 13.6. The standard InChI is InChI=1S/C51H63N3O9/c1-49(2,3)40-13-34-22-58-24-36-15-41(50(4,5)6)17-38-26-60-27-39-18-42(51(7,8)9)16-37-25-59-23-35(14-40)46(34)61-28-43(55)52-19-31-10-32(20-53-44(56)29-62-47(36)38)12-33(11-31)21-54-45(57)30-63-48(37)39/h10-18H,19-30H2,1-9H3,(H,52,55)(H,53,56)(H,54,57). The van der Waals surface area contributed by atoms with Crippen molar-refractivity contribution < 1.29 is 42.8 Å². The molecule has 4 aliphatic rings. The molecule has 0 aromatic heterocycles. The predicted octanol–water partition coefficient (Wildman–Crippen LogP) is 7.76. The van der Waals surface area contributed by atoms with Crippen molar-refractivity contribution in [3.05, 3.63) is 121 Å². The Hall–Kier alpha value is -5.43. The normalized spacial score (nSPS) is 17.2. The lowest BCUT2D eigenvalue weighted by Gasteiger charge is -2.26. The Morgan fingerprint density at radius 2 is 0.571 bits per heavy atom. The molecule has 336 valence electrons. The zero-order valence-electron chi connectivity index (χ0n) is 38.4. The van der Waals surface area contributed by atoms with Gasteiger partial charge in [0.1, 0.15) is 17.2 Å². The predicted molar refractivity (Wildman–Crippen MR) is 239 cm³/mol. The van der Waals surface area contributed by atoms with Crippen molar-refractivity contribution in [2.24, 2.45) is 0 Å². The van der Waals surface area contributed by atoms with Crippen LogP contribution in [0.15, 0.2) is 54.6 Å². The number of rotatable bonds is 0. The highest BCUT2D eigenvalue weighted by atomic mass is 16.5. The van der Waals surface area contributed by atoms with Crippen molar-refractivity contribution in [3.8, 4) is 17.2 Å². The van der Waals surface area contributed by atoms with Crippen LogP contribution in [-0.2, 0) is 104 Å². The molecule has 4 aromatic rings. The van der Waals surface area contributed by atoms with Gasteiger partial charge < -0.3 is 44.4 Å². The molecule has 12 heteroatoms. The number of ether oxygens (including phenoxy) is 6. The van der Waals surface area contributed by atoms with Gasteiger partial charge in [0, 0.05) is 53.0 Å². The molecule has 8 rings (SSSR count). The summed E-state index contributed by atoms with van der Waals surface area (Å²) in [5.41, 5.74) is 9.28. The summed E-state index contributed by atoms with van der Waals surface area (Å²) in [6.45, 7) is 20.0. The van der Waals surface area contributed by atoms with Gasteiger partial charge in [-0.3, -0.25) is 14.4 Å². The molecule has 4 heterocycles. The fourth-order valence-corrected chi connectivity index (χ4v) is 7.89. The molecule has 3 N–H and O–H groups in total. The third-order valence-electron chi connectivity index (χ3n) is 11.5. The summed E-state index contributed by atoms with van der Waals surface area (Å²) in [5.74, 6) is 0.582. The minimum absolute atomic E-state index is 0.145. The first kappa shape index (κ1) is 45.6. The van der Waals surface area contributed by atoms with Gasteiger partial charge in [-0.1, -0.05) is 80.5 Å². The van der Waals surface area contributed by atoms with Gasteiger partial charge in [0.15, 0.2) is 19.8 Å². The molecule has 0 fully saturated rings. The van der Waals surface area contributed by atoms with Crippen LogP contribution in [0.4, 0.5) is 0 Å². The second kappa shape index (κ2) is 18.7. The molecule has 12 nitrogen and oxygen atoms in total. The molecule has 3 amide bonds. The average molecular weight is 862 g/mol. The van der Waals surface area contributed by atoms with E-state index in [9.17, 15) is 14.4 Å². The van der Waals surface area contributed by atoms with Gasteiger partial charge in [-0.05, 0) is 86.0 Å². The van der Waals surface area contributed by atoms with Gasteiger partial charge in [-0.15, -0.1) is 0 Å². The van der Waals surface area contributed by atoms with Crippen LogP contribution in [0.2, 0.25) is 0 Å². The second-order valence-electron chi connectivity index (χ2n) is 20.0. The molecule has 0 unspecified atom stereocenters. The second-order valence-corrected chi connectivity index (χ2v) is 20.0. The number of amides is 3. The van der Waals surface area contributed by atoms with Crippen LogP contribution >= 0.6 is 0 Å². The van der Waals surface area contributed by atoms with Gasteiger partial charge in [-0.2, -0.15) is 0 Å². The highest BCUT2D eigenvalue weighted by molar-refractivity contribution is 5.79. The smallest absolute Gasteiger partial charge is 0.258 e. The lowest BCUT2D eigenvalue weighted by molar-refractivity contribution is -0.124. The largest absolute Gasteiger partial charge is 0.483 e. The van der Waals surface area contributed by atoms with Crippen LogP contribution in [0.5, 0.6) is 17.2 Å². The number of benzene rings is 4. The van der Waals surface area contributed by atoms with Crippen molar-refractivity contribution >= 4 is 17.7 Å². The van der Waals surface area contributed by atoms with E-state index in [0.29, 0.717) is 17.2 Å². The molecular formula is C51H63N3O9. The van der Waals surface area contributed by atoms with E-state index in [-0.39, 0.29) is 113 Å². The summed E-state index contributed by atoms with van der Waals surface area (Å²) >= 11 is 0. The summed E-state index contributed by atoms with van der Waals surface area (Å²) < 4.78 is 39.3. The SMILES string of the molecule is CC(C)(C)c1cc2c3c(c1)COCc1cc(C(C)(C)C)cc4c1OCC(=O)NCc1cc(cc(c1)CNC(=O)COc1c(cc(C(C)(C)C)cc1COC4)COC2)CNC(=O)CO3. The van der Waals surface area contributed by atoms with Crippen LogP contribution in [0.25, 0.3) is 0 Å². The van der Waals surface area contributed by atoms with E-state index >= 15 is 0 Å². The van der Waals surface area contributed by atoms with E-state index in [1.54, 1.807) is 0 Å². The number of fused-ring (bicyclic) bond motifs is 18. The molecule has 12 bridgehead atoms. The van der Waals surface area contributed by atoms with Crippen molar-refractivity contribution in [1.82, 2.24) is 16.0 Å². The minimum atomic E-state index is -0.315. The minimum Gasteiger partial charge on any atom is -0.483 e. The van der Waals surface area contributed by atoms with Gasteiger partial charge in [0.2, 0.25) is 0 Å². The fourth-order valence-electron chi connectivity index (χ4n) is 7.89. The molecule has 4 aromatic carbocycles. The number of nitrogens with one attached hydrogen (secondary N) is 3. The van der Waals surface area contributed by atoms with E-state index in [0.717, 1.165) is 66.8 Å². The average Bonchev–Trinajstić information content (AvgIpc) is 3.20. The Morgan fingerprint density at radius 3 is 0.778 bits per heavy atom. The first-order chi connectivity index (χ1) is 29.8. The molecule has 0 saturated carbocycles. The molecule has 0 aliphatic carbocycles. The summed E-state index contributed by atoms with van der Waals surface area (Å²) in [4.78, 5) is 40.8. The number of carbonyl (C=O) groups is 3. The Bertz CT molecular complexity index is 2020. The monoisotopic (exact) mass is 861 g/mol. The van der Waals surface area contributed by atoms with Crippen molar-refractivity contribution in [3.63, 3.8) is 0 Å². The summed E-state index contributed by atoms with van der Waals surface area (Å²) in [7, 11) is 0. The number of hydrogen-bond acceptors (Lipinski definition) is 9. The molecule has 0 radical (unpaired) electrons.